The van der Waals surface area contributed by atoms with Crippen LogP contribution in [-0.4, -0.2) is 30.7 Å². The van der Waals surface area contributed by atoms with Crippen molar-refractivity contribution in [2.24, 2.45) is 5.92 Å². The Balaban J connectivity index is 2.28. The van der Waals surface area contributed by atoms with E-state index in [2.05, 4.69) is 0 Å². The van der Waals surface area contributed by atoms with Gasteiger partial charge >= 0.3 is 5.97 Å². The summed E-state index contributed by atoms with van der Waals surface area (Å²) in [5.74, 6) is -2.34. The highest BCUT2D eigenvalue weighted by atomic mass is 16.5. The number of methoxy groups -OCH3 is 1. The Morgan fingerprint density at radius 1 is 1.28 bits per heavy atom. The highest BCUT2D eigenvalue weighted by Gasteiger charge is 2.36. The number of ketones is 2. The van der Waals surface area contributed by atoms with Gasteiger partial charge in [0.2, 0.25) is 0 Å². The molecule has 1 atom stereocenters. The van der Waals surface area contributed by atoms with Gasteiger partial charge in [0.1, 0.15) is 5.76 Å². The fourth-order valence-corrected chi connectivity index (χ4v) is 2.36. The smallest absolute Gasteiger partial charge is 0.329 e. The van der Waals surface area contributed by atoms with E-state index in [0.29, 0.717) is 17.1 Å². The summed E-state index contributed by atoms with van der Waals surface area (Å²) >= 11 is 0. The Labute approximate surface area is 146 Å². The second kappa shape index (κ2) is 7.79. The molecule has 25 heavy (non-hydrogen) atoms. The highest BCUT2D eigenvalue weighted by molar-refractivity contribution is 6.25. The van der Waals surface area contributed by atoms with Gasteiger partial charge in [-0.25, -0.2) is 0 Å². The van der Waals surface area contributed by atoms with E-state index in [9.17, 15) is 14.4 Å². The first-order chi connectivity index (χ1) is 11.8. The zero-order chi connectivity index (χ0) is 18.6. The van der Waals surface area contributed by atoms with Crippen LogP contribution in [0.15, 0.2) is 36.1 Å². The average Bonchev–Trinajstić information content (AvgIpc) is 2.52. The predicted molar refractivity (Wildman–Crippen MR) is 91.1 cm³/mol. The number of benzene rings is 1. The highest BCUT2D eigenvalue weighted by Crippen LogP contribution is 2.33. The van der Waals surface area contributed by atoms with Gasteiger partial charge in [-0.05, 0) is 39.0 Å². The molecule has 1 unspecified atom stereocenters. The van der Waals surface area contributed by atoms with E-state index in [1.54, 1.807) is 18.2 Å². The number of carbonyl (C=O) groups excluding carboxylic acids is 3. The second-order valence-electron chi connectivity index (χ2n) is 5.79. The van der Waals surface area contributed by atoms with Crippen molar-refractivity contribution in [2.75, 3.05) is 7.11 Å². The van der Waals surface area contributed by atoms with Gasteiger partial charge < -0.3 is 14.2 Å². The third kappa shape index (κ3) is 4.35. The summed E-state index contributed by atoms with van der Waals surface area (Å²) in [6.45, 7) is 5.23. The summed E-state index contributed by atoms with van der Waals surface area (Å²) in [5.41, 5.74) is 0.602. The molecule has 1 aliphatic rings. The fourth-order valence-electron chi connectivity index (χ4n) is 2.36. The van der Waals surface area contributed by atoms with E-state index in [4.69, 9.17) is 14.2 Å². The van der Waals surface area contributed by atoms with Gasteiger partial charge in [-0.3, -0.25) is 14.4 Å². The lowest BCUT2D eigenvalue weighted by molar-refractivity contribution is -0.151. The van der Waals surface area contributed by atoms with E-state index in [1.807, 2.05) is 13.8 Å². The van der Waals surface area contributed by atoms with E-state index >= 15 is 0 Å². The first-order valence-electron chi connectivity index (χ1n) is 7.83. The minimum atomic E-state index is -1.46. The van der Waals surface area contributed by atoms with Crippen molar-refractivity contribution >= 4 is 23.6 Å². The minimum absolute atomic E-state index is 0.0952. The van der Waals surface area contributed by atoms with E-state index in [-0.39, 0.29) is 11.9 Å². The summed E-state index contributed by atoms with van der Waals surface area (Å²) in [6.07, 6.45) is 3.73. The maximum absolute atomic E-state index is 12.3. The molecule has 0 saturated heterocycles. The van der Waals surface area contributed by atoms with Crippen molar-refractivity contribution in [3.8, 4) is 11.5 Å². The standard InChI is InChI=1S/C19H20O6/c1-11(2)24-18-13(6-5-7-16(18)23-4)8-9-14(20)17-15(21)10-12(3)25-19(17)22/h5-11,17H,1-4H3. The van der Waals surface area contributed by atoms with E-state index < -0.39 is 23.5 Å². The number of hydrogen-bond acceptors (Lipinski definition) is 6. The van der Waals surface area contributed by atoms with Crippen LogP contribution in [0.3, 0.4) is 0 Å². The molecule has 1 aliphatic heterocycles. The molecular formula is C19H20O6. The Bertz CT molecular complexity index is 757. The molecule has 0 spiro atoms. The van der Waals surface area contributed by atoms with Crippen LogP contribution in [0, 0.1) is 5.92 Å². The maximum atomic E-state index is 12.3. The number of cyclic esters (lactones) is 1. The molecule has 2 rings (SSSR count). The number of para-hydroxylation sites is 1. The maximum Gasteiger partial charge on any atom is 0.329 e. The van der Waals surface area contributed by atoms with Gasteiger partial charge in [-0.1, -0.05) is 12.1 Å². The average molecular weight is 344 g/mol. The van der Waals surface area contributed by atoms with Crippen LogP contribution >= 0.6 is 0 Å². The summed E-state index contributed by atoms with van der Waals surface area (Å²) in [6, 6.07) is 5.24. The van der Waals surface area contributed by atoms with Gasteiger partial charge in [-0.2, -0.15) is 0 Å². The van der Waals surface area contributed by atoms with Crippen molar-refractivity contribution < 1.29 is 28.6 Å². The molecule has 6 nitrogen and oxygen atoms in total. The first kappa shape index (κ1) is 18.4. The third-order valence-corrected chi connectivity index (χ3v) is 3.42. The monoisotopic (exact) mass is 344 g/mol. The molecule has 1 aromatic carbocycles. The van der Waals surface area contributed by atoms with Crippen LogP contribution < -0.4 is 9.47 Å². The molecule has 0 N–H and O–H groups in total. The van der Waals surface area contributed by atoms with Crippen LogP contribution in [0.5, 0.6) is 11.5 Å². The third-order valence-electron chi connectivity index (χ3n) is 3.42. The Kier molecular flexibility index (Phi) is 5.75. The molecule has 132 valence electrons. The minimum Gasteiger partial charge on any atom is -0.493 e. The normalized spacial score (nSPS) is 17.5. The van der Waals surface area contributed by atoms with Crippen LogP contribution in [0.2, 0.25) is 0 Å². The molecule has 6 heteroatoms. The van der Waals surface area contributed by atoms with Crippen molar-refractivity contribution in [2.45, 2.75) is 26.9 Å². The van der Waals surface area contributed by atoms with Crippen LogP contribution in [0.25, 0.3) is 6.08 Å². The van der Waals surface area contributed by atoms with Gasteiger partial charge in [0.05, 0.1) is 13.2 Å². The molecule has 0 bridgehead atoms. The first-order valence-corrected chi connectivity index (χ1v) is 7.83. The van der Waals surface area contributed by atoms with Gasteiger partial charge in [0.15, 0.2) is 29.0 Å². The zero-order valence-electron chi connectivity index (χ0n) is 14.6. The van der Waals surface area contributed by atoms with E-state index in [0.717, 1.165) is 6.08 Å². The van der Waals surface area contributed by atoms with Crippen molar-refractivity contribution in [3.63, 3.8) is 0 Å². The van der Waals surface area contributed by atoms with Crippen molar-refractivity contribution in [1.29, 1.82) is 0 Å². The lowest BCUT2D eigenvalue weighted by Gasteiger charge is -2.17. The molecule has 1 heterocycles. The number of allylic oxidation sites excluding steroid dienone is 3. The molecule has 0 aliphatic carbocycles. The Hall–Kier alpha value is -2.89. The molecule has 0 amide bonds. The Morgan fingerprint density at radius 2 is 2.00 bits per heavy atom. The zero-order valence-corrected chi connectivity index (χ0v) is 14.6. The SMILES string of the molecule is COc1cccc(C=CC(=O)C2C(=O)C=C(C)OC2=O)c1OC(C)C. The van der Waals surface area contributed by atoms with Crippen LogP contribution in [0.4, 0.5) is 0 Å². The lowest BCUT2D eigenvalue weighted by Crippen LogP contribution is -2.34. The molecule has 0 saturated carbocycles. The summed E-state index contributed by atoms with van der Waals surface area (Å²) in [5, 5.41) is 0. The molecular weight excluding hydrogens is 324 g/mol. The summed E-state index contributed by atoms with van der Waals surface area (Å²) in [7, 11) is 1.52. The number of rotatable bonds is 6. The predicted octanol–water partition coefficient (Wildman–Crippen LogP) is 2.71. The Morgan fingerprint density at radius 3 is 2.60 bits per heavy atom. The van der Waals surface area contributed by atoms with Gasteiger partial charge in [-0.15, -0.1) is 0 Å². The summed E-state index contributed by atoms with van der Waals surface area (Å²) in [4.78, 5) is 36.0. The molecule has 1 aromatic rings. The fraction of sp³-hybridized carbons (Fsp3) is 0.316. The quantitative estimate of drug-likeness (QED) is 0.448. The van der Waals surface area contributed by atoms with Crippen molar-refractivity contribution in [3.05, 3.63) is 41.7 Å². The van der Waals surface area contributed by atoms with Crippen LogP contribution in [0.1, 0.15) is 26.3 Å². The topological polar surface area (TPSA) is 78.9 Å². The van der Waals surface area contributed by atoms with Crippen molar-refractivity contribution in [1.82, 2.24) is 0 Å². The number of ether oxygens (including phenoxy) is 3. The van der Waals surface area contributed by atoms with Gasteiger partial charge in [0, 0.05) is 11.6 Å². The van der Waals surface area contributed by atoms with Crippen LogP contribution in [-0.2, 0) is 19.1 Å². The molecule has 0 aromatic heterocycles. The molecule has 0 radical (unpaired) electrons. The van der Waals surface area contributed by atoms with Gasteiger partial charge in [0.25, 0.3) is 0 Å². The number of esters is 1. The second-order valence-corrected chi connectivity index (χ2v) is 5.79. The number of hydrogen-bond donors (Lipinski definition) is 0. The van der Waals surface area contributed by atoms with E-state index in [1.165, 1.54) is 26.2 Å². The largest absolute Gasteiger partial charge is 0.493 e. The number of carbonyl (C=O) groups is 3. The summed E-state index contributed by atoms with van der Waals surface area (Å²) < 4.78 is 15.9. The lowest BCUT2D eigenvalue weighted by atomic mass is 9.96. The molecule has 0 fully saturated rings.